The number of rotatable bonds is 9. The normalized spacial score (nSPS) is 14.6. The van der Waals surface area contributed by atoms with Gasteiger partial charge in [0.15, 0.2) is 5.17 Å². The number of aliphatic imine (C=N–C) groups is 3. The molecule has 3 aromatic rings. The Kier molecular flexibility index (Phi) is 13.4. The second-order valence-electron chi connectivity index (χ2n) is 12.6. The average molecular weight is 739 g/mol. The molecular weight excluding hydrogens is 698 g/mol. The van der Waals surface area contributed by atoms with Crippen LogP contribution in [0.4, 0.5) is 29.3 Å². The summed E-state index contributed by atoms with van der Waals surface area (Å²) in [5.74, 6) is -0.136. The van der Waals surface area contributed by atoms with E-state index in [0.717, 1.165) is 34.5 Å². The van der Waals surface area contributed by atoms with Gasteiger partial charge in [0.1, 0.15) is 23.5 Å². The van der Waals surface area contributed by atoms with Crippen LogP contribution in [0.5, 0.6) is 5.75 Å². The number of aryl methyl sites for hydroxylation is 2. The average Bonchev–Trinajstić information content (AvgIpc) is 3.08. The number of benzene rings is 3. The number of hydrazone groups is 1. The maximum Gasteiger partial charge on any atom is 0.573 e. The Labute approximate surface area is 304 Å². The zero-order chi connectivity index (χ0) is 37.9. The number of para-hydroxylation sites is 1. The molecular formula is C36H41F3N8O4S. The minimum absolute atomic E-state index is 0.0813. The predicted octanol–water partition coefficient (Wildman–Crippen LogP) is 6.69. The Hall–Kier alpha value is -5.38. The van der Waals surface area contributed by atoms with E-state index in [0.29, 0.717) is 42.6 Å². The van der Waals surface area contributed by atoms with Gasteiger partial charge in [-0.15, -0.1) is 13.2 Å². The van der Waals surface area contributed by atoms with E-state index in [1.807, 2.05) is 52.8 Å². The molecule has 276 valence electrons. The third-order valence-corrected chi connectivity index (χ3v) is 8.17. The number of alkyl halides is 3. The lowest BCUT2D eigenvalue weighted by Gasteiger charge is -2.35. The molecule has 0 spiro atoms. The summed E-state index contributed by atoms with van der Waals surface area (Å²) < 4.78 is 46.3. The highest BCUT2D eigenvalue weighted by molar-refractivity contribution is 8.14. The van der Waals surface area contributed by atoms with E-state index in [1.54, 1.807) is 40.3 Å². The maximum absolute atomic E-state index is 13.2. The highest BCUT2D eigenvalue weighted by atomic mass is 32.2. The van der Waals surface area contributed by atoms with Gasteiger partial charge in [-0.05, 0) is 75.6 Å². The second-order valence-corrected chi connectivity index (χ2v) is 13.6. The number of nitrogens with zero attached hydrogens (tertiary/aromatic N) is 6. The van der Waals surface area contributed by atoms with Crippen LogP contribution in [0.15, 0.2) is 86.8 Å². The van der Waals surface area contributed by atoms with Gasteiger partial charge in [-0.1, -0.05) is 54.2 Å². The number of ether oxygens (including phenoxy) is 2. The van der Waals surface area contributed by atoms with Crippen molar-refractivity contribution in [2.24, 2.45) is 25.8 Å². The maximum atomic E-state index is 13.2. The first-order chi connectivity index (χ1) is 24.6. The van der Waals surface area contributed by atoms with Gasteiger partial charge in [-0.2, -0.15) is 5.10 Å². The molecule has 0 saturated carbocycles. The fraction of sp³-hybridized carbons (Fsp3) is 0.333. The van der Waals surface area contributed by atoms with E-state index in [9.17, 15) is 22.8 Å². The summed E-state index contributed by atoms with van der Waals surface area (Å²) in [4.78, 5) is 41.9. The standard InChI is InChI=1S/C36H41F3N8O4S/c1-24-7-6-8-25(2)31(24)44-33(52-22-30(48)46-17-19-47(20-18-46)34(49)51-35(3,4)5)45-43-21-26-9-11-27(12-10-26)32(40)42-23-41-28-13-15-29(16-14-28)50-36(37,38)39/h6-16,21,23H,17-20,22H2,1-5H3,(H,44,45)(H2,40,41,42)/b43-21+. The van der Waals surface area contributed by atoms with E-state index >= 15 is 0 Å². The Balaban J connectivity index is 1.36. The molecule has 1 aliphatic rings. The summed E-state index contributed by atoms with van der Waals surface area (Å²) in [6.45, 7) is 11.0. The highest BCUT2D eigenvalue weighted by Gasteiger charge is 2.31. The third kappa shape index (κ3) is 12.7. The first kappa shape index (κ1) is 39.4. The van der Waals surface area contributed by atoms with E-state index in [1.165, 1.54) is 30.2 Å². The van der Waals surface area contributed by atoms with Crippen LogP contribution < -0.4 is 15.9 Å². The van der Waals surface area contributed by atoms with E-state index in [2.05, 4.69) is 25.2 Å². The summed E-state index contributed by atoms with van der Waals surface area (Å²) in [6.07, 6.45) is -2.35. The summed E-state index contributed by atoms with van der Waals surface area (Å²) in [7, 11) is 0. The zero-order valence-electron chi connectivity index (χ0n) is 29.5. The molecule has 1 heterocycles. The van der Waals surface area contributed by atoms with Crippen molar-refractivity contribution < 1.29 is 32.2 Å². The van der Waals surface area contributed by atoms with Gasteiger partial charge in [0.2, 0.25) is 5.91 Å². The van der Waals surface area contributed by atoms with Gasteiger partial charge in [0, 0.05) is 31.7 Å². The van der Waals surface area contributed by atoms with E-state index in [4.69, 9.17) is 15.5 Å². The quantitative estimate of drug-likeness (QED) is 0.141. The number of carbonyl (C=O) groups is 2. The Morgan fingerprint density at radius 3 is 2.13 bits per heavy atom. The van der Waals surface area contributed by atoms with Crippen LogP contribution in [0.25, 0.3) is 0 Å². The van der Waals surface area contributed by atoms with Gasteiger partial charge >= 0.3 is 12.5 Å². The Bertz CT molecular complexity index is 1790. The summed E-state index contributed by atoms with van der Waals surface area (Å²) in [5.41, 5.74) is 12.9. The molecule has 0 unspecified atom stereocenters. The molecule has 1 fully saturated rings. The monoisotopic (exact) mass is 738 g/mol. The van der Waals surface area contributed by atoms with Gasteiger partial charge in [0.25, 0.3) is 0 Å². The Morgan fingerprint density at radius 2 is 1.54 bits per heavy atom. The molecule has 1 saturated heterocycles. The number of nitrogens with one attached hydrogen (secondary N) is 1. The van der Waals surface area contributed by atoms with Crippen LogP contribution in [0, 0.1) is 13.8 Å². The minimum Gasteiger partial charge on any atom is -0.444 e. The molecule has 4 rings (SSSR count). The van der Waals surface area contributed by atoms with Crippen LogP contribution in [-0.2, 0) is 9.53 Å². The Morgan fingerprint density at radius 1 is 0.923 bits per heavy atom. The molecule has 12 nitrogen and oxygen atoms in total. The van der Waals surface area contributed by atoms with E-state index in [-0.39, 0.29) is 29.3 Å². The number of hydrogen-bond acceptors (Lipinski definition) is 8. The lowest BCUT2D eigenvalue weighted by atomic mass is 10.1. The summed E-state index contributed by atoms with van der Waals surface area (Å²) >= 11 is 1.23. The molecule has 0 aromatic heterocycles. The number of hydrogen-bond donors (Lipinski definition) is 2. The molecule has 16 heteroatoms. The van der Waals surface area contributed by atoms with Crippen LogP contribution in [0.3, 0.4) is 0 Å². The molecule has 0 radical (unpaired) electrons. The largest absolute Gasteiger partial charge is 0.573 e. The first-order valence-corrected chi connectivity index (χ1v) is 17.2. The summed E-state index contributed by atoms with van der Waals surface area (Å²) in [5, 5.41) is 4.80. The molecule has 3 N–H and O–H groups in total. The number of carbonyl (C=O) groups excluding carboxylic acids is 2. The van der Waals surface area contributed by atoms with Crippen LogP contribution in [0.1, 0.15) is 43.0 Å². The van der Waals surface area contributed by atoms with E-state index < -0.39 is 12.0 Å². The highest BCUT2D eigenvalue weighted by Crippen LogP contribution is 2.26. The number of amides is 2. The van der Waals surface area contributed by atoms with Crippen molar-refractivity contribution in [1.82, 2.24) is 15.2 Å². The van der Waals surface area contributed by atoms with Gasteiger partial charge in [0.05, 0.1) is 23.3 Å². The van der Waals surface area contributed by atoms with Crippen molar-refractivity contribution >= 4 is 58.7 Å². The number of piperazine rings is 1. The molecule has 52 heavy (non-hydrogen) atoms. The second kappa shape index (κ2) is 17.7. The van der Waals surface area contributed by atoms with Crippen molar-refractivity contribution in [2.45, 2.75) is 46.6 Å². The number of amidine groups is 2. The topological polar surface area (TPSA) is 147 Å². The van der Waals surface area contributed by atoms with Crippen LogP contribution >= 0.6 is 11.8 Å². The van der Waals surface area contributed by atoms with Crippen molar-refractivity contribution in [3.8, 4) is 5.75 Å². The smallest absolute Gasteiger partial charge is 0.444 e. The van der Waals surface area contributed by atoms with Crippen molar-refractivity contribution in [2.75, 3.05) is 31.9 Å². The van der Waals surface area contributed by atoms with Crippen LogP contribution in [-0.4, -0.2) is 89.3 Å². The fourth-order valence-corrected chi connectivity index (χ4v) is 5.44. The van der Waals surface area contributed by atoms with Gasteiger partial charge in [-0.25, -0.2) is 19.8 Å². The van der Waals surface area contributed by atoms with Crippen molar-refractivity contribution in [3.05, 3.63) is 89.0 Å². The fourth-order valence-electron chi connectivity index (χ4n) is 4.73. The molecule has 0 aliphatic carbocycles. The van der Waals surface area contributed by atoms with Crippen LogP contribution in [0.2, 0.25) is 0 Å². The first-order valence-electron chi connectivity index (χ1n) is 16.2. The number of halogens is 3. The SMILES string of the molecule is Cc1cccc(C)c1N=C(N/N=C/c1ccc(C(N)=NC=Nc2ccc(OC(F)(F)F)cc2)cc1)SCC(=O)N1CCN(C(=O)OC(C)(C)C)CC1. The lowest BCUT2D eigenvalue weighted by Crippen LogP contribution is -2.52. The van der Waals surface area contributed by atoms with Crippen molar-refractivity contribution in [1.29, 1.82) is 0 Å². The third-order valence-electron chi connectivity index (χ3n) is 7.32. The molecule has 1 aliphatic heterocycles. The van der Waals surface area contributed by atoms with Crippen molar-refractivity contribution in [3.63, 3.8) is 0 Å². The minimum atomic E-state index is -4.77. The molecule has 0 bridgehead atoms. The number of nitrogens with two attached hydrogens (primary N) is 1. The van der Waals surface area contributed by atoms with Gasteiger partial charge in [-0.3, -0.25) is 10.2 Å². The lowest BCUT2D eigenvalue weighted by molar-refractivity contribution is -0.274. The molecule has 0 atom stereocenters. The zero-order valence-corrected chi connectivity index (χ0v) is 30.3. The molecule has 2 amide bonds. The predicted molar refractivity (Wildman–Crippen MR) is 199 cm³/mol. The molecule has 3 aromatic carbocycles. The van der Waals surface area contributed by atoms with Gasteiger partial charge < -0.3 is 25.0 Å². The number of thioether (sulfide) groups is 1. The summed E-state index contributed by atoms with van der Waals surface area (Å²) in [6, 6.07) is 18.0.